The number of alkyl halides is 4. The van der Waals surface area contributed by atoms with Gasteiger partial charge in [0.1, 0.15) is 17.5 Å². The molecule has 0 spiro atoms. The molecule has 1 aromatic carbocycles. The Balaban J connectivity index is 1.20. The first-order valence-corrected chi connectivity index (χ1v) is 12.7. The Morgan fingerprint density at radius 2 is 1.92 bits per heavy atom. The molecular formula is C25H25F4N5O2S. The first-order chi connectivity index (χ1) is 17.9. The number of nitrogens with zero attached hydrogens (tertiary/aromatic N) is 4. The van der Waals surface area contributed by atoms with E-state index in [1.165, 1.54) is 6.20 Å². The van der Waals surface area contributed by atoms with Crippen molar-refractivity contribution in [2.24, 2.45) is 0 Å². The molecule has 2 aromatic heterocycles. The molecule has 0 saturated carbocycles. The summed E-state index contributed by atoms with van der Waals surface area (Å²) in [6.07, 6.45) is 0.370. The SMILES string of the molecule is OCc1ccccc1C1C=C(c2csc(C3CCN(/C=C/n4nc(C(F)F)cc4C(F)F)CC3)n2)NO1. The second-order valence-electron chi connectivity index (χ2n) is 8.80. The number of benzene rings is 1. The van der Waals surface area contributed by atoms with E-state index in [1.54, 1.807) is 17.5 Å². The lowest BCUT2D eigenvalue weighted by Gasteiger charge is -2.30. The fourth-order valence-corrected chi connectivity index (χ4v) is 5.45. The van der Waals surface area contributed by atoms with Crippen molar-refractivity contribution in [3.63, 3.8) is 0 Å². The Kier molecular flexibility index (Phi) is 7.58. The summed E-state index contributed by atoms with van der Waals surface area (Å²) >= 11 is 1.58. The van der Waals surface area contributed by atoms with Crippen LogP contribution < -0.4 is 5.48 Å². The Bertz CT molecular complexity index is 1280. The van der Waals surface area contributed by atoms with Gasteiger partial charge in [-0.15, -0.1) is 11.3 Å². The molecule has 0 amide bonds. The lowest BCUT2D eigenvalue weighted by Crippen LogP contribution is -2.28. The molecule has 0 bridgehead atoms. The fraction of sp³-hybridized carbons (Fsp3) is 0.360. The molecule has 196 valence electrons. The van der Waals surface area contributed by atoms with Gasteiger partial charge in [-0.1, -0.05) is 24.3 Å². The van der Waals surface area contributed by atoms with Crippen LogP contribution >= 0.6 is 11.3 Å². The first kappa shape index (κ1) is 25.4. The molecule has 37 heavy (non-hydrogen) atoms. The molecule has 2 N–H and O–H groups in total. The molecule has 0 aliphatic carbocycles. The average Bonchev–Trinajstić information content (AvgIpc) is 3.67. The number of aromatic nitrogens is 3. The molecule has 1 saturated heterocycles. The minimum atomic E-state index is -2.91. The Hall–Kier alpha value is -3.22. The van der Waals surface area contributed by atoms with Crippen LogP contribution in [0.2, 0.25) is 0 Å². The van der Waals surface area contributed by atoms with Gasteiger partial charge in [-0.3, -0.25) is 10.3 Å². The molecule has 12 heteroatoms. The highest BCUT2D eigenvalue weighted by Gasteiger charge is 2.26. The van der Waals surface area contributed by atoms with E-state index in [1.807, 2.05) is 40.6 Å². The lowest BCUT2D eigenvalue weighted by molar-refractivity contribution is 0.0498. The van der Waals surface area contributed by atoms with Gasteiger partial charge in [0.2, 0.25) is 0 Å². The number of hydrogen-bond donors (Lipinski definition) is 2. The summed E-state index contributed by atoms with van der Waals surface area (Å²) < 4.78 is 52.9. The number of hydrogen-bond acceptors (Lipinski definition) is 7. The van der Waals surface area contributed by atoms with Crippen molar-refractivity contribution in [2.45, 2.75) is 44.3 Å². The van der Waals surface area contributed by atoms with Gasteiger partial charge < -0.3 is 10.0 Å². The number of nitrogens with one attached hydrogen (secondary N) is 1. The van der Waals surface area contributed by atoms with Crippen LogP contribution in [0.1, 0.15) is 70.9 Å². The monoisotopic (exact) mass is 535 g/mol. The Morgan fingerprint density at radius 1 is 1.14 bits per heavy atom. The maximum absolute atomic E-state index is 13.2. The summed E-state index contributed by atoms with van der Waals surface area (Å²) in [7, 11) is 0. The van der Waals surface area contributed by atoms with Crippen LogP contribution in [-0.2, 0) is 11.4 Å². The molecule has 2 aliphatic rings. The molecule has 4 heterocycles. The third-order valence-electron chi connectivity index (χ3n) is 6.47. The van der Waals surface area contributed by atoms with Gasteiger partial charge in [-0.2, -0.15) is 5.10 Å². The minimum Gasteiger partial charge on any atom is -0.392 e. The molecule has 2 aliphatic heterocycles. The topological polar surface area (TPSA) is 75.4 Å². The van der Waals surface area contributed by atoms with E-state index in [0.717, 1.165) is 51.1 Å². The van der Waals surface area contributed by atoms with Crippen LogP contribution in [0.4, 0.5) is 17.6 Å². The van der Waals surface area contributed by atoms with Crippen molar-refractivity contribution in [1.82, 2.24) is 25.1 Å². The van der Waals surface area contributed by atoms with Gasteiger partial charge in [0, 0.05) is 36.8 Å². The van der Waals surface area contributed by atoms with Crippen molar-refractivity contribution in [2.75, 3.05) is 13.1 Å². The van der Waals surface area contributed by atoms with Crippen molar-refractivity contribution in [3.05, 3.63) is 81.2 Å². The van der Waals surface area contributed by atoms with Gasteiger partial charge in [0.05, 0.1) is 23.0 Å². The molecule has 0 radical (unpaired) electrons. The number of likely N-dealkylation sites (tertiary alicyclic amines) is 1. The molecule has 1 fully saturated rings. The van der Waals surface area contributed by atoms with E-state index >= 15 is 0 Å². The first-order valence-electron chi connectivity index (χ1n) is 11.8. The van der Waals surface area contributed by atoms with Crippen molar-refractivity contribution in [1.29, 1.82) is 0 Å². The summed E-state index contributed by atoms with van der Waals surface area (Å²) in [6, 6.07) is 8.29. The van der Waals surface area contributed by atoms with Gasteiger partial charge in [0.15, 0.2) is 0 Å². The summed E-state index contributed by atoms with van der Waals surface area (Å²) in [5.74, 6) is 0.254. The Morgan fingerprint density at radius 3 is 2.65 bits per heavy atom. The molecule has 1 unspecified atom stereocenters. The summed E-state index contributed by atoms with van der Waals surface area (Å²) in [4.78, 5) is 12.5. The third kappa shape index (κ3) is 5.55. The number of piperidine rings is 1. The fourth-order valence-electron chi connectivity index (χ4n) is 4.46. The van der Waals surface area contributed by atoms with Gasteiger partial charge in [0.25, 0.3) is 12.9 Å². The number of halogens is 4. The molecule has 7 nitrogen and oxygen atoms in total. The minimum absolute atomic E-state index is 0.0694. The predicted molar refractivity (Wildman–Crippen MR) is 130 cm³/mol. The molecule has 3 aromatic rings. The van der Waals surface area contributed by atoms with Crippen LogP contribution in [0.3, 0.4) is 0 Å². The zero-order valence-corrected chi connectivity index (χ0v) is 20.4. The molecule has 5 rings (SSSR count). The van der Waals surface area contributed by atoms with E-state index in [0.29, 0.717) is 13.1 Å². The van der Waals surface area contributed by atoms with Crippen molar-refractivity contribution in [3.8, 4) is 0 Å². The summed E-state index contributed by atoms with van der Waals surface area (Å²) in [5.41, 5.74) is 4.99. The van der Waals surface area contributed by atoms with E-state index in [9.17, 15) is 22.7 Å². The Labute approximate surface area is 214 Å². The van der Waals surface area contributed by atoms with Gasteiger partial charge >= 0.3 is 0 Å². The van der Waals surface area contributed by atoms with Crippen LogP contribution in [-0.4, -0.2) is 37.9 Å². The molecular weight excluding hydrogens is 510 g/mol. The standard InChI is InChI=1S/C25H25F4N5O2S/c26-23(27)19-11-21(24(28)29)34(31-19)10-9-33-7-5-15(6-8-33)25-30-20(14-37-25)18-12-22(36-32-18)17-4-2-1-3-16(17)13-35/h1-4,9-12,14-15,22-24,32,35H,5-8,13H2/b10-9+. The quantitative estimate of drug-likeness (QED) is 0.364. The van der Waals surface area contributed by atoms with Crippen molar-refractivity contribution < 1.29 is 27.5 Å². The zero-order valence-electron chi connectivity index (χ0n) is 19.6. The zero-order chi connectivity index (χ0) is 25.9. The van der Waals surface area contributed by atoms with E-state index in [2.05, 4.69) is 10.6 Å². The van der Waals surface area contributed by atoms with Crippen LogP contribution in [0.15, 0.2) is 48.0 Å². The highest BCUT2D eigenvalue weighted by Crippen LogP contribution is 2.35. The molecule has 1 atom stereocenters. The van der Waals surface area contributed by atoms with E-state index < -0.39 is 24.2 Å². The van der Waals surface area contributed by atoms with Crippen LogP contribution in [0.25, 0.3) is 11.9 Å². The number of hydroxylamine groups is 1. The second-order valence-corrected chi connectivity index (χ2v) is 9.69. The number of aliphatic hydroxyl groups excluding tert-OH is 1. The van der Waals surface area contributed by atoms with Crippen LogP contribution in [0, 0.1) is 0 Å². The lowest BCUT2D eigenvalue weighted by atomic mass is 9.98. The van der Waals surface area contributed by atoms with Gasteiger partial charge in [-0.25, -0.2) is 27.2 Å². The number of aliphatic hydroxyl groups is 1. The average molecular weight is 536 g/mol. The summed E-state index contributed by atoms with van der Waals surface area (Å²) in [6.45, 7) is 1.28. The smallest absolute Gasteiger partial charge is 0.282 e. The van der Waals surface area contributed by atoms with Crippen molar-refractivity contribution >= 4 is 23.2 Å². The predicted octanol–water partition coefficient (Wildman–Crippen LogP) is 5.63. The van der Waals surface area contributed by atoms with E-state index in [-0.39, 0.29) is 18.6 Å². The number of rotatable bonds is 8. The maximum Gasteiger partial charge on any atom is 0.282 e. The van der Waals surface area contributed by atoms with Gasteiger partial charge in [-0.05, 0) is 36.1 Å². The second kappa shape index (κ2) is 11.0. The number of thiazole rings is 1. The normalized spacial score (nSPS) is 18.8. The van der Waals surface area contributed by atoms with Crippen LogP contribution in [0.5, 0.6) is 0 Å². The third-order valence-corrected chi connectivity index (χ3v) is 7.48. The highest BCUT2D eigenvalue weighted by molar-refractivity contribution is 7.09. The maximum atomic E-state index is 13.2. The summed E-state index contributed by atoms with van der Waals surface area (Å²) in [5, 5.41) is 16.2. The largest absolute Gasteiger partial charge is 0.392 e. The van der Waals surface area contributed by atoms with E-state index in [4.69, 9.17) is 9.82 Å². The highest BCUT2D eigenvalue weighted by atomic mass is 32.1.